The van der Waals surface area contributed by atoms with Crippen LogP contribution in [0, 0.1) is 6.92 Å². The monoisotopic (exact) mass is 292 g/mol. The highest BCUT2D eigenvalue weighted by atomic mass is 16.5. The van der Waals surface area contributed by atoms with Crippen LogP contribution >= 0.6 is 0 Å². The molecule has 0 saturated heterocycles. The van der Waals surface area contributed by atoms with Gasteiger partial charge < -0.3 is 10.1 Å². The Hall–Kier alpha value is -2.88. The standard InChI is InChI=1S/C18H16N2O2/c1-12-6-7-13-4-3-5-16(17(13)19-12)20-18(21)14-8-10-15(22-2)11-9-14/h3-11H,1-2H3,(H,20,21). The lowest BCUT2D eigenvalue weighted by Gasteiger charge is -2.09. The summed E-state index contributed by atoms with van der Waals surface area (Å²) in [5, 5.41) is 3.92. The highest BCUT2D eigenvalue weighted by Crippen LogP contribution is 2.22. The maximum absolute atomic E-state index is 12.4. The van der Waals surface area contributed by atoms with Crippen LogP contribution in [0.3, 0.4) is 0 Å². The van der Waals surface area contributed by atoms with Crippen molar-refractivity contribution in [2.45, 2.75) is 6.92 Å². The fourth-order valence-corrected chi connectivity index (χ4v) is 2.28. The molecule has 0 bridgehead atoms. The van der Waals surface area contributed by atoms with Crippen LogP contribution in [0.25, 0.3) is 10.9 Å². The Morgan fingerprint density at radius 1 is 1.05 bits per heavy atom. The second-order valence-corrected chi connectivity index (χ2v) is 5.01. The van der Waals surface area contributed by atoms with Crippen LogP contribution in [0.5, 0.6) is 5.75 Å². The Balaban J connectivity index is 1.91. The van der Waals surface area contributed by atoms with Crippen molar-refractivity contribution in [3.8, 4) is 5.75 Å². The molecule has 0 aliphatic carbocycles. The topological polar surface area (TPSA) is 51.2 Å². The quantitative estimate of drug-likeness (QED) is 0.798. The summed E-state index contributed by atoms with van der Waals surface area (Å²) >= 11 is 0. The van der Waals surface area contributed by atoms with Crippen molar-refractivity contribution in [2.24, 2.45) is 0 Å². The first-order chi connectivity index (χ1) is 10.7. The smallest absolute Gasteiger partial charge is 0.255 e. The summed E-state index contributed by atoms with van der Waals surface area (Å²) in [5.74, 6) is 0.553. The van der Waals surface area contributed by atoms with E-state index in [4.69, 9.17) is 4.74 Å². The molecule has 0 saturated carbocycles. The normalized spacial score (nSPS) is 10.5. The van der Waals surface area contributed by atoms with E-state index in [1.807, 2.05) is 37.3 Å². The second kappa shape index (κ2) is 5.85. The maximum Gasteiger partial charge on any atom is 0.255 e. The van der Waals surface area contributed by atoms with Gasteiger partial charge in [-0.05, 0) is 43.3 Å². The van der Waals surface area contributed by atoms with E-state index >= 15 is 0 Å². The lowest BCUT2D eigenvalue weighted by Crippen LogP contribution is -2.12. The number of rotatable bonds is 3. The molecule has 0 aliphatic rings. The molecule has 22 heavy (non-hydrogen) atoms. The number of fused-ring (bicyclic) bond motifs is 1. The van der Waals surface area contributed by atoms with E-state index in [1.54, 1.807) is 31.4 Å². The van der Waals surface area contributed by atoms with Gasteiger partial charge >= 0.3 is 0 Å². The first kappa shape index (κ1) is 14.1. The number of para-hydroxylation sites is 1. The third-order valence-corrected chi connectivity index (χ3v) is 3.46. The number of carbonyl (C=O) groups excluding carboxylic acids is 1. The number of methoxy groups -OCH3 is 1. The van der Waals surface area contributed by atoms with E-state index in [1.165, 1.54) is 0 Å². The minimum Gasteiger partial charge on any atom is -0.497 e. The summed E-state index contributed by atoms with van der Waals surface area (Å²) in [5.41, 5.74) is 3.00. The van der Waals surface area contributed by atoms with Crippen molar-refractivity contribution < 1.29 is 9.53 Å². The van der Waals surface area contributed by atoms with E-state index in [2.05, 4.69) is 10.3 Å². The Morgan fingerprint density at radius 2 is 1.82 bits per heavy atom. The van der Waals surface area contributed by atoms with E-state index in [0.717, 1.165) is 22.3 Å². The summed E-state index contributed by atoms with van der Waals surface area (Å²) in [6, 6.07) is 16.7. The molecule has 0 fully saturated rings. The molecule has 110 valence electrons. The molecule has 1 amide bonds. The third kappa shape index (κ3) is 2.76. The van der Waals surface area contributed by atoms with Gasteiger partial charge in [-0.3, -0.25) is 9.78 Å². The zero-order valence-electron chi connectivity index (χ0n) is 12.5. The van der Waals surface area contributed by atoms with Gasteiger partial charge in [0.05, 0.1) is 18.3 Å². The van der Waals surface area contributed by atoms with Gasteiger partial charge in [-0.25, -0.2) is 0 Å². The van der Waals surface area contributed by atoms with Gasteiger partial charge in [0.1, 0.15) is 5.75 Å². The zero-order valence-corrected chi connectivity index (χ0v) is 12.5. The number of amides is 1. The van der Waals surface area contributed by atoms with Crippen molar-refractivity contribution >= 4 is 22.5 Å². The van der Waals surface area contributed by atoms with Gasteiger partial charge in [0.2, 0.25) is 0 Å². The number of aromatic nitrogens is 1. The molecular weight excluding hydrogens is 276 g/mol. The van der Waals surface area contributed by atoms with Crippen molar-refractivity contribution in [1.29, 1.82) is 0 Å². The van der Waals surface area contributed by atoms with Gasteiger partial charge in [0.15, 0.2) is 0 Å². The average molecular weight is 292 g/mol. The molecule has 0 radical (unpaired) electrons. The largest absolute Gasteiger partial charge is 0.497 e. The van der Waals surface area contributed by atoms with Gasteiger partial charge in [0, 0.05) is 16.6 Å². The first-order valence-electron chi connectivity index (χ1n) is 6.99. The molecule has 0 spiro atoms. The predicted molar refractivity (Wildman–Crippen MR) is 87.4 cm³/mol. The first-order valence-corrected chi connectivity index (χ1v) is 6.99. The number of nitrogens with zero attached hydrogens (tertiary/aromatic N) is 1. The maximum atomic E-state index is 12.4. The van der Waals surface area contributed by atoms with Crippen molar-refractivity contribution in [3.63, 3.8) is 0 Å². The average Bonchev–Trinajstić information content (AvgIpc) is 2.55. The summed E-state index contributed by atoms with van der Waals surface area (Å²) in [7, 11) is 1.60. The summed E-state index contributed by atoms with van der Waals surface area (Å²) in [6.45, 7) is 1.93. The number of hydrogen-bond donors (Lipinski definition) is 1. The highest BCUT2D eigenvalue weighted by Gasteiger charge is 2.09. The van der Waals surface area contributed by atoms with Crippen molar-refractivity contribution in [2.75, 3.05) is 12.4 Å². The van der Waals surface area contributed by atoms with Crippen LogP contribution < -0.4 is 10.1 Å². The molecule has 1 heterocycles. The molecule has 0 atom stereocenters. The molecule has 4 heteroatoms. The van der Waals surface area contributed by atoms with Crippen LogP contribution in [0.2, 0.25) is 0 Å². The molecule has 4 nitrogen and oxygen atoms in total. The molecule has 3 aromatic rings. The number of pyridine rings is 1. The van der Waals surface area contributed by atoms with E-state index in [9.17, 15) is 4.79 Å². The van der Waals surface area contributed by atoms with E-state index < -0.39 is 0 Å². The number of hydrogen-bond acceptors (Lipinski definition) is 3. The number of ether oxygens (including phenoxy) is 1. The van der Waals surface area contributed by atoms with Crippen LogP contribution in [0.15, 0.2) is 54.6 Å². The van der Waals surface area contributed by atoms with Crippen LogP contribution in [-0.2, 0) is 0 Å². The minimum absolute atomic E-state index is 0.168. The number of nitrogens with one attached hydrogen (secondary N) is 1. The summed E-state index contributed by atoms with van der Waals surface area (Å²) in [4.78, 5) is 16.9. The van der Waals surface area contributed by atoms with Gasteiger partial charge in [-0.15, -0.1) is 0 Å². The number of aryl methyl sites for hydroxylation is 1. The summed E-state index contributed by atoms with van der Waals surface area (Å²) in [6.07, 6.45) is 0. The van der Waals surface area contributed by atoms with Crippen LogP contribution in [0.1, 0.15) is 16.1 Å². The molecule has 3 rings (SSSR count). The minimum atomic E-state index is -0.168. The Morgan fingerprint density at radius 3 is 2.55 bits per heavy atom. The molecule has 0 unspecified atom stereocenters. The van der Waals surface area contributed by atoms with Crippen molar-refractivity contribution in [1.82, 2.24) is 4.98 Å². The number of carbonyl (C=O) groups is 1. The van der Waals surface area contributed by atoms with Crippen LogP contribution in [-0.4, -0.2) is 18.0 Å². The van der Waals surface area contributed by atoms with E-state index in [0.29, 0.717) is 11.3 Å². The molecule has 2 aromatic carbocycles. The molecule has 0 aliphatic heterocycles. The van der Waals surface area contributed by atoms with Gasteiger partial charge in [-0.2, -0.15) is 0 Å². The van der Waals surface area contributed by atoms with E-state index in [-0.39, 0.29) is 5.91 Å². The zero-order chi connectivity index (χ0) is 15.5. The lowest BCUT2D eigenvalue weighted by molar-refractivity contribution is 0.102. The SMILES string of the molecule is COc1ccc(C(=O)Nc2cccc3ccc(C)nc23)cc1. The third-order valence-electron chi connectivity index (χ3n) is 3.46. The molecule has 1 N–H and O–H groups in total. The highest BCUT2D eigenvalue weighted by molar-refractivity contribution is 6.08. The molecule has 1 aromatic heterocycles. The number of benzene rings is 2. The molecular formula is C18H16N2O2. The number of anilines is 1. The predicted octanol–water partition coefficient (Wildman–Crippen LogP) is 3.80. The Kier molecular flexibility index (Phi) is 3.74. The summed E-state index contributed by atoms with van der Waals surface area (Å²) < 4.78 is 5.10. The van der Waals surface area contributed by atoms with Gasteiger partial charge in [-0.1, -0.05) is 18.2 Å². The fourth-order valence-electron chi connectivity index (χ4n) is 2.28. The lowest BCUT2D eigenvalue weighted by atomic mass is 10.1. The Labute approximate surface area is 128 Å². The van der Waals surface area contributed by atoms with Crippen LogP contribution in [0.4, 0.5) is 5.69 Å². The fraction of sp³-hybridized carbons (Fsp3) is 0.111. The Bertz CT molecular complexity index is 826. The van der Waals surface area contributed by atoms with Gasteiger partial charge in [0.25, 0.3) is 5.91 Å². The second-order valence-electron chi connectivity index (χ2n) is 5.01. The van der Waals surface area contributed by atoms with Crippen molar-refractivity contribution in [3.05, 3.63) is 65.9 Å².